The van der Waals surface area contributed by atoms with Crippen LogP contribution < -0.4 is 30.7 Å². The lowest BCUT2D eigenvalue weighted by molar-refractivity contribution is -0.116. The van der Waals surface area contributed by atoms with Crippen molar-refractivity contribution in [3.63, 3.8) is 0 Å². The first-order valence-electron chi connectivity index (χ1n) is 30.4. The lowest BCUT2D eigenvalue weighted by atomic mass is 9.86. The van der Waals surface area contributed by atoms with Crippen LogP contribution in [0.2, 0.25) is 0 Å². The first-order chi connectivity index (χ1) is 42.5. The van der Waals surface area contributed by atoms with Crippen LogP contribution in [0.5, 0.6) is 11.5 Å². The molecule has 2 saturated carbocycles. The van der Waals surface area contributed by atoms with E-state index in [1.54, 1.807) is 60.7 Å². The van der Waals surface area contributed by atoms with E-state index in [1.807, 2.05) is 69.3 Å². The molecule has 2 aliphatic carbocycles. The number of amides is 4. The maximum absolute atomic E-state index is 14.0. The normalized spacial score (nSPS) is 15.0. The van der Waals surface area contributed by atoms with Crippen molar-refractivity contribution in [2.45, 2.75) is 137 Å². The van der Waals surface area contributed by atoms with Crippen LogP contribution in [0.15, 0.2) is 155 Å². The van der Waals surface area contributed by atoms with E-state index in [9.17, 15) is 44.4 Å². The van der Waals surface area contributed by atoms with E-state index in [0.29, 0.717) is 41.1 Å². The molecule has 4 amide bonds. The molecule has 0 saturated heterocycles. The number of sulfone groups is 1. The molecule has 0 spiro atoms. The Morgan fingerprint density at radius 3 is 1.26 bits per heavy atom. The summed E-state index contributed by atoms with van der Waals surface area (Å²) in [5, 5.41) is 8.47. The van der Waals surface area contributed by atoms with Gasteiger partial charge in [-0.25, -0.2) is 8.42 Å². The highest BCUT2D eigenvalue weighted by Gasteiger charge is 2.36. The molecular weight excluding hydrogens is 1230 g/mol. The molecule has 6 N–H and O–H groups in total. The van der Waals surface area contributed by atoms with Crippen molar-refractivity contribution in [3.8, 4) is 11.5 Å². The molecule has 2 fully saturated rings. The van der Waals surface area contributed by atoms with E-state index >= 15 is 0 Å². The van der Waals surface area contributed by atoms with Gasteiger partial charge in [0.15, 0.2) is 15.1 Å². The molecule has 484 valence electrons. The quantitative estimate of drug-likeness (QED) is 0.0243. The summed E-state index contributed by atoms with van der Waals surface area (Å²) in [4.78, 5) is 52.9. The van der Waals surface area contributed by atoms with E-state index in [0.717, 1.165) is 41.2 Å². The summed E-state index contributed by atoms with van der Waals surface area (Å²) >= 11 is 1.37. The van der Waals surface area contributed by atoms with Gasteiger partial charge in [0.2, 0.25) is 11.8 Å². The number of carbonyl (C=O) groups is 4. The highest BCUT2D eigenvalue weighted by molar-refractivity contribution is 8.00. The fourth-order valence-electron chi connectivity index (χ4n) is 10.4. The van der Waals surface area contributed by atoms with Crippen molar-refractivity contribution in [2.75, 3.05) is 48.4 Å². The van der Waals surface area contributed by atoms with E-state index in [1.165, 1.54) is 93.0 Å². The van der Waals surface area contributed by atoms with Crippen LogP contribution in [0.1, 0.15) is 159 Å². The Balaban J connectivity index is 0.000000256. The number of ether oxygens (including phenoxy) is 2. The van der Waals surface area contributed by atoms with Gasteiger partial charge in [-0.05, 0) is 168 Å². The highest BCUT2D eigenvalue weighted by atomic mass is 32.2. The number of thioether (sulfide) groups is 1. The Morgan fingerprint density at radius 1 is 0.489 bits per heavy atom. The Kier molecular flexibility index (Phi) is 24.9. The number of nitrogens with one attached hydrogen (secondary N) is 4. The number of benzene rings is 6. The van der Waals surface area contributed by atoms with E-state index < -0.39 is 69.8 Å². The Bertz CT molecular complexity index is 3690. The largest absolute Gasteiger partial charge is 0.493 e. The van der Waals surface area contributed by atoms with Gasteiger partial charge >= 0.3 is 0 Å². The van der Waals surface area contributed by atoms with Gasteiger partial charge in [0.05, 0.1) is 29.6 Å². The predicted octanol–water partition coefficient (Wildman–Crippen LogP) is 12.7. The molecule has 0 aromatic heterocycles. The lowest BCUT2D eigenvalue weighted by Crippen LogP contribution is -2.29. The third-order valence-electron chi connectivity index (χ3n) is 15.7. The smallest absolute Gasteiger partial charge is 0.266 e. The van der Waals surface area contributed by atoms with E-state index in [4.69, 9.17) is 18.6 Å². The maximum atomic E-state index is 14.0. The summed E-state index contributed by atoms with van der Waals surface area (Å²) in [6.07, 6.45) is 12.3. The van der Waals surface area contributed by atoms with E-state index in [2.05, 4.69) is 54.2 Å². The van der Waals surface area contributed by atoms with Crippen LogP contribution in [0, 0.1) is 11.8 Å². The molecule has 0 heterocycles. The number of carbonyl (C=O) groups excluding carboxylic acids is 4. The summed E-state index contributed by atoms with van der Waals surface area (Å²) in [5.41, 5.74) is 4.56. The molecule has 0 radical (unpaired) electrons. The van der Waals surface area contributed by atoms with Crippen LogP contribution in [0.25, 0.3) is 0 Å². The van der Waals surface area contributed by atoms with Gasteiger partial charge in [0, 0.05) is 40.5 Å². The zero-order valence-electron chi connectivity index (χ0n) is 51.9. The van der Waals surface area contributed by atoms with Gasteiger partial charge in [-0.15, -0.1) is 11.8 Å². The average Bonchev–Trinajstić information content (AvgIpc) is 0.833. The third kappa shape index (κ3) is 22.1. The molecule has 0 aliphatic heterocycles. The number of anilines is 2. The summed E-state index contributed by atoms with van der Waals surface area (Å²) in [5.74, 6) is -0.634. The minimum atomic E-state index is -4.31. The highest BCUT2D eigenvalue weighted by Crippen LogP contribution is 2.39. The summed E-state index contributed by atoms with van der Waals surface area (Å²) < 4.78 is 101. The SMILES string of the molecule is CC(C)(C)c1ccc(C(C(=O)Nc2ccc(OCC3CCCCC3)cc2)S(=O)(=O)c2ccc(C(=O)NCCS(=O)(=O)O)cc2)cc1.CC(C)(C)c1ccc(C(Sc2ccc(C(=O)NCCS(=O)(=O)O)cc2)C(=O)Nc2ccc(OCC3CCCCC3)cc2)cc1. The molecule has 2 unspecified atom stereocenters. The monoisotopic (exact) mass is 1310 g/mol. The molecule has 2 aliphatic rings. The zero-order chi connectivity index (χ0) is 65.3. The number of rotatable bonds is 24. The van der Waals surface area contributed by atoms with Gasteiger partial charge in [-0.3, -0.25) is 28.3 Å². The molecular formula is C68H84N4O14S4. The predicted molar refractivity (Wildman–Crippen MR) is 353 cm³/mol. The fourth-order valence-corrected chi connectivity index (χ4v) is 13.8. The Labute approximate surface area is 534 Å². The zero-order valence-corrected chi connectivity index (χ0v) is 55.2. The van der Waals surface area contributed by atoms with Crippen LogP contribution in [0.4, 0.5) is 11.4 Å². The third-order valence-corrected chi connectivity index (χ3v) is 20.5. The number of hydrogen-bond acceptors (Lipinski definition) is 13. The van der Waals surface area contributed by atoms with Gasteiger partial charge < -0.3 is 30.7 Å². The molecule has 18 nitrogen and oxygen atoms in total. The van der Waals surface area contributed by atoms with Crippen molar-refractivity contribution < 1.29 is 63.0 Å². The van der Waals surface area contributed by atoms with Gasteiger partial charge in [0.25, 0.3) is 32.1 Å². The second kappa shape index (κ2) is 31.8. The molecule has 0 bridgehead atoms. The Morgan fingerprint density at radius 2 is 0.867 bits per heavy atom. The van der Waals surface area contributed by atoms with Crippen molar-refractivity contribution in [3.05, 3.63) is 179 Å². The van der Waals surface area contributed by atoms with Crippen LogP contribution in [-0.4, -0.2) is 95.8 Å². The topological polar surface area (TPSA) is 278 Å². The minimum Gasteiger partial charge on any atom is -0.493 e. The van der Waals surface area contributed by atoms with Crippen molar-refractivity contribution >= 4 is 76.8 Å². The first-order valence-corrected chi connectivity index (χ1v) is 36.0. The van der Waals surface area contributed by atoms with Crippen molar-refractivity contribution in [1.29, 1.82) is 0 Å². The van der Waals surface area contributed by atoms with Gasteiger partial charge in [-0.1, -0.05) is 129 Å². The van der Waals surface area contributed by atoms with Gasteiger partial charge in [0.1, 0.15) is 16.7 Å². The second-order valence-electron chi connectivity index (χ2n) is 25.0. The average molecular weight is 1310 g/mol. The molecule has 6 aromatic rings. The van der Waals surface area contributed by atoms with Crippen LogP contribution in [-0.2, 0) is 50.5 Å². The number of hydrogen-bond donors (Lipinski definition) is 6. The van der Waals surface area contributed by atoms with Crippen molar-refractivity contribution in [2.24, 2.45) is 11.8 Å². The standard InChI is InChI=1S/C34H42N2O8S2.C34H42N2O6S2/c1-34(2,3)27-13-9-25(10-14-27)31(33(38)36-28-15-17-29(18-16-28)44-23-24-7-5-4-6-8-24)46(42,43)30-19-11-26(12-20-30)32(37)35-21-22-45(39,40)41;1-34(2,3)27-13-9-25(10-14-27)31(43-30-19-11-26(12-20-30)32(37)35-21-22-44(39,40)41)33(38)36-28-15-17-29(18-16-28)42-23-24-7-5-4-6-8-24/h9-20,24,31H,4-8,21-23H2,1-3H3,(H,35,37)(H,36,38)(H,39,40,41);9-20,24,31H,4-8,21-23H2,1-3H3,(H,35,37)(H,36,38)(H,39,40,41). The summed E-state index contributed by atoms with van der Waals surface area (Å²) in [7, 11) is -12.7. The summed E-state index contributed by atoms with van der Waals surface area (Å²) in [6, 6.07) is 41.1. The molecule has 2 atom stereocenters. The lowest BCUT2D eigenvalue weighted by Gasteiger charge is -2.22. The summed E-state index contributed by atoms with van der Waals surface area (Å²) in [6.45, 7) is 13.4. The van der Waals surface area contributed by atoms with Crippen molar-refractivity contribution in [1.82, 2.24) is 10.6 Å². The van der Waals surface area contributed by atoms with Gasteiger partial charge in [-0.2, -0.15) is 16.8 Å². The fraction of sp³-hybridized carbons (Fsp3) is 0.412. The molecule has 6 aromatic carbocycles. The maximum Gasteiger partial charge on any atom is 0.266 e. The Hall–Kier alpha value is -7.08. The first kappa shape index (κ1) is 70.4. The van der Waals surface area contributed by atoms with Crippen LogP contribution in [0.3, 0.4) is 0 Å². The van der Waals surface area contributed by atoms with E-state index in [-0.39, 0.29) is 45.8 Å². The molecule has 22 heteroatoms. The molecule has 90 heavy (non-hydrogen) atoms. The minimum absolute atomic E-state index is 0.0258. The second-order valence-corrected chi connectivity index (χ2v) is 31.3. The molecule has 8 rings (SSSR count). The van der Waals surface area contributed by atoms with Crippen LogP contribution >= 0.6 is 11.8 Å².